The summed E-state index contributed by atoms with van der Waals surface area (Å²) in [6, 6.07) is 83.0. The lowest BCUT2D eigenvalue weighted by Crippen LogP contribution is -2.25. The van der Waals surface area contributed by atoms with E-state index in [2.05, 4.69) is 256 Å². The lowest BCUT2D eigenvalue weighted by atomic mass is 9.70. The zero-order valence-corrected chi connectivity index (χ0v) is 39.2. The molecule has 2 heteroatoms. The fraction of sp³-hybridized carbons (Fsp3) is 0.104. The first kappa shape index (κ1) is 38.9. The van der Waals surface area contributed by atoms with Crippen molar-refractivity contribution in [3.63, 3.8) is 0 Å². The summed E-state index contributed by atoms with van der Waals surface area (Å²) in [5.74, 6) is 0. The highest BCUT2D eigenvalue weighted by molar-refractivity contribution is 6.11. The lowest BCUT2D eigenvalue weighted by Gasteiger charge is -2.30. The predicted molar refractivity (Wildman–Crippen MR) is 287 cm³/mol. The summed E-state index contributed by atoms with van der Waals surface area (Å²) in [6.45, 7) is 9.46. The molecule has 11 aromatic rings. The van der Waals surface area contributed by atoms with Gasteiger partial charge in [0.2, 0.25) is 0 Å². The van der Waals surface area contributed by atoms with Gasteiger partial charge in [-0.2, -0.15) is 0 Å². The second kappa shape index (κ2) is 13.5. The molecule has 4 aliphatic carbocycles. The summed E-state index contributed by atoms with van der Waals surface area (Å²) in [5, 5.41) is 2.48. The third kappa shape index (κ3) is 4.91. The maximum Gasteiger partial charge on any atom is 0.0725 e. The van der Waals surface area contributed by atoms with Gasteiger partial charge in [0.15, 0.2) is 0 Å². The molecule has 0 saturated heterocycles. The van der Waals surface area contributed by atoms with E-state index in [1.807, 2.05) is 0 Å². The van der Waals surface area contributed by atoms with Crippen LogP contribution < -0.4 is 4.90 Å². The van der Waals surface area contributed by atoms with E-state index in [1.54, 1.807) is 0 Å². The van der Waals surface area contributed by atoms with Crippen molar-refractivity contribution in [3.05, 3.63) is 263 Å². The maximum absolute atomic E-state index is 2.51. The molecule has 0 saturated carbocycles. The molecule has 10 aromatic carbocycles. The van der Waals surface area contributed by atoms with Crippen LogP contribution in [0.15, 0.2) is 218 Å². The first-order valence-corrected chi connectivity index (χ1v) is 24.5. The minimum atomic E-state index is -0.386. The predicted octanol–water partition coefficient (Wildman–Crippen LogP) is 17.2. The monoisotopic (exact) mass is 880 g/mol. The van der Waals surface area contributed by atoms with Gasteiger partial charge < -0.3 is 9.47 Å². The van der Waals surface area contributed by atoms with Crippen molar-refractivity contribution in [2.75, 3.05) is 4.90 Å². The second-order valence-corrected chi connectivity index (χ2v) is 20.8. The Hall–Kier alpha value is -8.20. The first-order valence-electron chi connectivity index (χ1n) is 24.5. The van der Waals surface area contributed by atoms with E-state index in [9.17, 15) is 0 Å². The molecule has 15 rings (SSSR count). The summed E-state index contributed by atoms with van der Waals surface area (Å²) in [5.41, 5.74) is 27.8. The number of hydrogen-bond acceptors (Lipinski definition) is 1. The van der Waals surface area contributed by atoms with Crippen LogP contribution in [0, 0.1) is 0 Å². The van der Waals surface area contributed by atoms with Crippen LogP contribution >= 0.6 is 0 Å². The number of para-hydroxylation sites is 1. The van der Waals surface area contributed by atoms with E-state index in [1.165, 1.54) is 111 Å². The van der Waals surface area contributed by atoms with Crippen LogP contribution in [-0.2, 0) is 16.2 Å². The molecule has 0 atom stereocenters. The van der Waals surface area contributed by atoms with Crippen LogP contribution in [0.1, 0.15) is 72.2 Å². The highest BCUT2D eigenvalue weighted by Crippen LogP contribution is 2.63. The Kier molecular flexibility index (Phi) is 7.60. The Morgan fingerprint density at radius 1 is 0.290 bits per heavy atom. The highest BCUT2D eigenvalue weighted by atomic mass is 15.1. The Balaban J connectivity index is 0.963. The molecule has 0 radical (unpaired) electrons. The van der Waals surface area contributed by atoms with Gasteiger partial charge in [0.1, 0.15) is 0 Å². The number of nitrogens with zero attached hydrogens (tertiary/aromatic N) is 2. The van der Waals surface area contributed by atoms with Gasteiger partial charge in [0, 0.05) is 44.4 Å². The van der Waals surface area contributed by atoms with E-state index in [0.29, 0.717) is 0 Å². The van der Waals surface area contributed by atoms with E-state index >= 15 is 0 Å². The summed E-state index contributed by atoms with van der Waals surface area (Å²) < 4.78 is 2.51. The number of aromatic nitrogens is 1. The Morgan fingerprint density at radius 3 is 1.20 bits per heavy atom. The van der Waals surface area contributed by atoms with Gasteiger partial charge in [-0.05, 0) is 144 Å². The quantitative estimate of drug-likeness (QED) is 0.171. The molecular weight excluding hydrogens is 833 g/mol. The SMILES string of the molecule is CC1(C)c2ccccc2-c2cc(N(c3ccc4c(c3)-c3ccccc3C4(C)C)c3ccc4c5ccccc5n(-c5ccc6c(c5)-c5ccccc5C65c6ccccc6-c6ccccc65)c4c3)ccc21. The van der Waals surface area contributed by atoms with Gasteiger partial charge >= 0.3 is 0 Å². The van der Waals surface area contributed by atoms with Crippen molar-refractivity contribution >= 4 is 38.9 Å². The number of benzene rings is 10. The topological polar surface area (TPSA) is 8.17 Å². The summed E-state index contributed by atoms with van der Waals surface area (Å²) in [4.78, 5) is 2.50. The Labute approximate surface area is 403 Å². The fourth-order valence-electron chi connectivity index (χ4n) is 13.7. The van der Waals surface area contributed by atoms with E-state index in [-0.39, 0.29) is 16.2 Å². The number of fused-ring (bicyclic) bond motifs is 19. The molecule has 0 amide bonds. The van der Waals surface area contributed by atoms with Gasteiger partial charge in [-0.15, -0.1) is 0 Å². The average molecular weight is 881 g/mol. The van der Waals surface area contributed by atoms with Gasteiger partial charge in [0.25, 0.3) is 0 Å². The van der Waals surface area contributed by atoms with Crippen molar-refractivity contribution < 1.29 is 0 Å². The molecule has 1 heterocycles. The van der Waals surface area contributed by atoms with Crippen molar-refractivity contribution in [2.24, 2.45) is 0 Å². The van der Waals surface area contributed by atoms with Gasteiger partial charge in [0.05, 0.1) is 16.4 Å². The second-order valence-electron chi connectivity index (χ2n) is 20.8. The molecule has 4 aliphatic rings. The van der Waals surface area contributed by atoms with Crippen LogP contribution in [0.3, 0.4) is 0 Å². The molecule has 1 spiro atoms. The van der Waals surface area contributed by atoms with E-state index < -0.39 is 0 Å². The zero-order chi connectivity index (χ0) is 46.0. The Morgan fingerprint density at radius 2 is 0.652 bits per heavy atom. The number of anilines is 3. The van der Waals surface area contributed by atoms with Crippen molar-refractivity contribution in [2.45, 2.75) is 43.9 Å². The largest absolute Gasteiger partial charge is 0.310 e. The minimum Gasteiger partial charge on any atom is -0.310 e. The summed E-state index contributed by atoms with van der Waals surface area (Å²) in [7, 11) is 0. The molecule has 0 N–H and O–H groups in total. The molecule has 0 aliphatic heterocycles. The minimum absolute atomic E-state index is 0.0848. The molecule has 0 unspecified atom stereocenters. The highest BCUT2D eigenvalue weighted by Gasteiger charge is 2.51. The normalized spacial score (nSPS) is 15.3. The molecule has 2 nitrogen and oxygen atoms in total. The molecule has 326 valence electrons. The molecule has 69 heavy (non-hydrogen) atoms. The molecule has 0 fully saturated rings. The standard InChI is InChI=1S/C67H48N2/c1-65(2)55-23-11-5-19-47(55)52-37-41(30-34-57(52)65)68(42-31-35-58-53(38-42)48-20-6-12-24-56(48)66(58,3)4)44-29-33-51-50-22-10-16-28-63(50)69(64(51)40-44)43-32-36-62-54(39-43)49-21-9-15-27-61(49)67(62)59-25-13-7-17-45(59)46-18-8-14-26-60(46)67/h5-40H,1-4H3. The summed E-state index contributed by atoms with van der Waals surface area (Å²) >= 11 is 0. The lowest BCUT2D eigenvalue weighted by molar-refractivity contribution is 0.660. The number of hydrogen-bond donors (Lipinski definition) is 0. The third-order valence-electron chi connectivity index (χ3n) is 16.8. The maximum atomic E-state index is 2.51. The van der Waals surface area contributed by atoms with Crippen LogP contribution in [-0.4, -0.2) is 4.57 Å². The smallest absolute Gasteiger partial charge is 0.0725 e. The van der Waals surface area contributed by atoms with Gasteiger partial charge in [-0.25, -0.2) is 0 Å². The van der Waals surface area contributed by atoms with Crippen LogP contribution in [0.5, 0.6) is 0 Å². The van der Waals surface area contributed by atoms with Crippen LogP contribution in [0.2, 0.25) is 0 Å². The van der Waals surface area contributed by atoms with Crippen LogP contribution in [0.4, 0.5) is 17.1 Å². The molecule has 1 aromatic heterocycles. The first-order chi connectivity index (χ1) is 33.7. The Bertz CT molecular complexity index is 3890. The number of rotatable bonds is 4. The van der Waals surface area contributed by atoms with E-state index in [4.69, 9.17) is 0 Å². The van der Waals surface area contributed by atoms with Crippen molar-refractivity contribution in [1.82, 2.24) is 4.57 Å². The van der Waals surface area contributed by atoms with Crippen molar-refractivity contribution in [3.8, 4) is 50.2 Å². The van der Waals surface area contributed by atoms with Crippen LogP contribution in [0.25, 0.3) is 72.0 Å². The van der Waals surface area contributed by atoms with E-state index in [0.717, 1.165) is 22.7 Å². The fourth-order valence-corrected chi connectivity index (χ4v) is 13.7. The molecule has 0 bridgehead atoms. The third-order valence-corrected chi connectivity index (χ3v) is 16.8. The van der Waals surface area contributed by atoms with Gasteiger partial charge in [-0.1, -0.05) is 191 Å². The van der Waals surface area contributed by atoms with Crippen molar-refractivity contribution in [1.29, 1.82) is 0 Å². The average Bonchev–Trinajstić information content (AvgIpc) is 4.11. The van der Waals surface area contributed by atoms with Gasteiger partial charge in [-0.3, -0.25) is 0 Å². The summed E-state index contributed by atoms with van der Waals surface area (Å²) in [6.07, 6.45) is 0. The molecular formula is C67H48N2. The zero-order valence-electron chi connectivity index (χ0n) is 39.2.